The van der Waals surface area contributed by atoms with Crippen LogP contribution in [0.2, 0.25) is 5.02 Å². The summed E-state index contributed by atoms with van der Waals surface area (Å²) in [6, 6.07) is 16.7. The topological polar surface area (TPSA) is 54.2 Å². The Morgan fingerprint density at radius 1 is 1.00 bits per heavy atom. The first-order valence-corrected chi connectivity index (χ1v) is 8.98. The van der Waals surface area contributed by atoms with Crippen LogP contribution in [0.25, 0.3) is 22.0 Å². The second-order valence-electron chi connectivity index (χ2n) is 6.34. The van der Waals surface area contributed by atoms with Crippen molar-refractivity contribution in [2.75, 3.05) is 31.1 Å². The molecule has 7 heteroatoms. The van der Waals surface area contributed by atoms with Crippen LogP contribution in [0.3, 0.4) is 0 Å². The van der Waals surface area contributed by atoms with E-state index >= 15 is 0 Å². The van der Waals surface area contributed by atoms with Crippen LogP contribution < -0.4 is 16.0 Å². The lowest BCUT2D eigenvalue weighted by atomic mass is 10.0. The molecule has 0 atom stereocenters. The molecule has 0 saturated carbocycles. The normalized spacial score (nSPS) is 13.8. The molecule has 2 heterocycles. The number of aromatic nitrogens is 1. The number of pyridine rings is 1. The van der Waals surface area contributed by atoms with Gasteiger partial charge in [-0.1, -0.05) is 35.9 Å². The number of nitrogens with one attached hydrogen (secondary N) is 1. The largest absolute Gasteiger partial charge is 0.353 e. The molecular formula is C20H23Cl3N4. The molecule has 0 aliphatic carbocycles. The van der Waals surface area contributed by atoms with Crippen molar-refractivity contribution in [3.8, 4) is 11.1 Å². The number of halogens is 3. The van der Waals surface area contributed by atoms with Gasteiger partial charge in [-0.15, -0.1) is 24.8 Å². The first kappa shape index (κ1) is 21.7. The van der Waals surface area contributed by atoms with Gasteiger partial charge in [0, 0.05) is 38.1 Å². The Morgan fingerprint density at radius 3 is 2.48 bits per heavy atom. The Hall–Kier alpha value is -1.56. The van der Waals surface area contributed by atoms with Gasteiger partial charge < -0.3 is 16.0 Å². The third-order valence-electron chi connectivity index (χ3n) is 4.66. The van der Waals surface area contributed by atoms with Gasteiger partial charge in [-0.3, -0.25) is 0 Å². The Kier molecular flexibility index (Phi) is 7.71. The first-order valence-electron chi connectivity index (χ1n) is 8.60. The number of hydrogen-bond donors (Lipinski definition) is 2. The minimum Gasteiger partial charge on any atom is -0.353 e. The van der Waals surface area contributed by atoms with Gasteiger partial charge in [-0.05, 0) is 41.0 Å². The fraction of sp³-hybridized carbons (Fsp3) is 0.250. The van der Waals surface area contributed by atoms with Crippen molar-refractivity contribution in [2.24, 2.45) is 5.73 Å². The molecule has 0 amide bonds. The van der Waals surface area contributed by atoms with Crippen LogP contribution >= 0.6 is 36.4 Å². The second-order valence-corrected chi connectivity index (χ2v) is 6.75. The van der Waals surface area contributed by atoms with Gasteiger partial charge >= 0.3 is 0 Å². The molecule has 1 aliphatic heterocycles. The number of anilines is 1. The van der Waals surface area contributed by atoms with E-state index in [4.69, 9.17) is 22.3 Å². The molecule has 1 fully saturated rings. The van der Waals surface area contributed by atoms with Crippen molar-refractivity contribution in [3.63, 3.8) is 0 Å². The molecule has 1 aliphatic rings. The molecule has 0 spiro atoms. The molecule has 144 valence electrons. The highest BCUT2D eigenvalue weighted by Crippen LogP contribution is 2.31. The van der Waals surface area contributed by atoms with E-state index in [9.17, 15) is 0 Å². The zero-order valence-electron chi connectivity index (χ0n) is 14.8. The average Bonchev–Trinajstić information content (AvgIpc) is 2.67. The van der Waals surface area contributed by atoms with Gasteiger partial charge in [0.05, 0.1) is 10.5 Å². The van der Waals surface area contributed by atoms with Gasteiger partial charge in [0.2, 0.25) is 0 Å². The van der Waals surface area contributed by atoms with E-state index in [-0.39, 0.29) is 24.8 Å². The van der Waals surface area contributed by atoms with Crippen LogP contribution in [-0.4, -0.2) is 31.2 Å². The highest BCUT2D eigenvalue weighted by molar-refractivity contribution is 6.33. The van der Waals surface area contributed by atoms with Crippen molar-refractivity contribution in [1.29, 1.82) is 0 Å². The van der Waals surface area contributed by atoms with Crippen molar-refractivity contribution in [3.05, 3.63) is 59.1 Å². The van der Waals surface area contributed by atoms with E-state index in [0.29, 0.717) is 11.6 Å². The molecule has 3 aromatic rings. The number of fused-ring (bicyclic) bond motifs is 1. The third-order valence-corrected chi connectivity index (χ3v) is 4.94. The standard InChI is InChI=1S/C20H21ClN4.2ClH/c21-18-12-17-11-16(15-3-1-2-14(10-15)13-22)4-5-19(17)24-20(18)25-8-6-23-7-9-25;;/h1-5,10-12,23H,6-9,13,22H2;2*1H. The lowest BCUT2D eigenvalue weighted by Crippen LogP contribution is -2.44. The summed E-state index contributed by atoms with van der Waals surface area (Å²) < 4.78 is 0. The highest BCUT2D eigenvalue weighted by Gasteiger charge is 2.16. The molecule has 0 unspecified atom stereocenters. The van der Waals surface area contributed by atoms with Gasteiger partial charge in [0.1, 0.15) is 5.82 Å². The molecule has 4 nitrogen and oxygen atoms in total. The Bertz CT molecular complexity index is 911. The summed E-state index contributed by atoms with van der Waals surface area (Å²) in [5.74, 6) is 0.883. The highest BCUT2D eigenvalue weighted by atomic mass is 35.5. The summed E-state index contributed by atoms with van der Waals surface area (Å²) in [5, 5.41) is 5.12. The molecule has 3 N–H and O–H groups in total. The minimum atomic E-state index is 0. The molecule has 2 aromatic carbocycles. The van der Waals surface area contributed by atoms with E-state index in [1.807, 2.05) is 18.2 Å². The lowest BCUT2D eigenvalue weighted by molar-refractivity contribution is 0.585. The zero-order valence-corrected chi connectivity index (χ0v) is 17.2. The van der Waals surface area contributed by atoms with Crippen LogP contribution in [0.15, 0.2) is 48.5 Å². The maximum atomic E-state index is 6.54. The second kappa shape index (κ2) is 9.58. The predicted molar refractivity (Wildman–Crippen MR) is 120 cm³/mol. The number of piperazine rings is 1. The van der Waals surface area contributed by atoms with Crippen molar-refractivity contribution in [1.82, 2.24) is 10.3 Å². The van der Waals surface area contributed by atoms with E-state index in [2.05, 4.69) is 40.5 Å². The van der Waals surface area contributed by atoms with Gasteiger partial charge in [0.15, 0.2) is 0 Å². The number of nitrogens with two attached hydrogens (primary N) is 1. The minimum absolute atomic E-state index is 0. The monoisotopic (exact) mass is 424 g/mol. The molecule has 1 saturated heterocycles. The Labute approximate surface area is 176 Å². The summed E-state index contributed by atoms with van der Waals surface area (Å²) in [7, 11) is 0. The van der Waals surface area contributed by atoms with Crippen LogP contribution in [0, 0.1) is 0 Å². The average molecular weight is 426 g/mol. The smallest absolute Gasteiger partial charge is 0.148 e. The molecule has 1 aromatic heterocycles. The summed E-state index contributed by atoms with van der Waals surface area (Å²) in [6.07, 6.45) is 0. The molecule has 0 radical (unpaired) electrons. The predicted octanol–water partition coefficient (Wildman–Crippen LogP) is 4.27. The summed E-state index contributed by atoms with van der Waals surface area (Å²) in [4.78, 5) is 7.06. The maximum Gasteiger partial charge on any atom is 0.148 e. The SMILES string of the molecule is Cl.Cl.NCc1cccc(-c2ccc3nc(N4CCNCC4)c(Cl)cc3c2)c1. The number of hydrogen-bond acceptors (Lipinski definition) is 4. The van der Waals surface area contributed by atoms with Crippen LogP contribution in [0.5, 0.6) is 0 Å². The van der Waals surface area contributed by atoms with Crippen molar-refractivity contribution < 1.29 is 0 Å². The Balaban J connectivity index is 0.00000131. The lowest BCUT2D eigenvalue weighted by Gasteiger charge is -2.29. The maximum absolute atomic E-state index is 6.54. The van der Waals surface area contributed by atoms with E-state index < -0.39 is 0 Å². The number of nitrogens with zero attached hydrogens (tertiary/aromatic N) is 2. The van der Waals surface area contributed by atoms with E-state index in [0.717, 1.165) is 59.6 Å². The van der Waals surface area contributed by atoms with Crippen LogP contribution in [0.1, 0.15) is 5.56 Å². The fourth-order valence-electron chi connectivity index (χ4n) is 3.30. The zero-order chi connectivity index (χ0) is 17.2. The van der Waals surface area contributed by atoms with Crippen molar-refractivity contribution in [2.45, 2.75) is 6.54 Å². The summed E-state index contributed by atoms with van der Waals surface area (Å²) in [6.45, 7) is 4.34. The van der Waals surface area contributed by atoms with E-state index in [1.165, 1.54) is 0 Å². The van der Waals surface area contributed by atoms with E-state index in [1.54, 1.807) is 0 Å². The number of benzene rings is 2. The molecule has 27 heavy (non-hydrogen) atoms. The summed E-state index contributed by atoms with van der Waals surface area (Å²) >= 11 is 6.54. The van der Waals surface area contributed by atoms with Crippen LogP contribution in [-0.2, 0) is 6.54 Å². The third kappa shape index (κ3) is 4.65. The van der Waals surface area contributed by atoms with Gasteiger partial charge in [0.25, 0.3) is 0 Å². The van der Waals surface area contributed by atoms with Crippen molar-refractivity contribution >= 4 is 53.1 Å². The van der Waals surface area contributed by atoms with Crippen LogP contribution in [0.4, 0.5) is 5.82 Å². The molecule has 4 rings (SSSR count). The molecular weight excluding hydrogens is 403 g/mol. The summed E-state index contributed by atoms with van der Waals surface area (Å²) in [5.41, 5.74) is 10.2. The Morgan fingerprint density at radius 2 is 1.74 bits per heavy atom. The quantitative estimate of drug-likeness (QED) is 0.658. The fourth-order valence-corrected chi connectivity index (χ4v) is 3.58. The van der Waals surface area contributed by atoms with Gasteiger partial charge in [-0.25, -0.2) is 4.98 Å². The van der Waals surface area contributed by atoms with Gasteiger partial charge in [-0.2, -0.15) is 0 Å². The first-order chi connectivity index (χ1) is 12.2. The molecule has 0 bridgehead atoms. The number of rotatable bonds is 3.